The van der Waals surface area contributed by atoms with Crippen molar-refractivity contribution in [1.82, 2.24) is 10.2 Å². The fourth-order valence-corrected chi connectivity index (χ4v) is 6.69. The maximum absolute atomic E-state index is 14.2. The number of carbonyl (C=O) groups is 2. The molecule has 0 heterocycles. The molecule has 1 aliphatic rings. The zero-order chi connectivity index (χ0) is 32.7. The molecule has 0 aliphatic heterocycles. The molecule has 0 spiro atoms. The second-order valence-electron chi connectivity index (χ2n) is 11.0. The third kappa shape index (κ3) is 7.90. The highest BCUT2D eigenvalue weighted by Gasteiger charge is 2.34. The van der Waals surface area contributed by atoms with Gasteiger partial charge in [0.2, 0.25) is 11.8 Å². The first-order valence-corrected chi connectivity index (χ1v) is 16.0. The van der Waals surface area contributed by atoms with E-state index in [9.17, 15) is 28.1 Å². The van der Waals surface area contributed by atoms with Crippen molar-refractivity contribution >= 4 is 33.2 Å². The van der Waals surface area contributed by atoms with Crippen LogP contribution in [0, 0.1) is 17.0 Å². The number of anilines is 1. The number of nitro groups is 1. The van der Waals surface area contributed by atoms with Crippen molar-refractivity contribution in [3.8, 4) is 11.5 Å². The molecule has 45 heavy (non-hydrogen) atoms. The lowest BCUT2D eigenvalue weighted by molar-refractivity contribution is -0.385. The monoisotopic (exact) mass is 638 g/mol. The molecule has 1 unspecified atom stereocenters. The summed E-state index contributed by atoms with van der Waals surface area (Å²) in [4.78, 5) is 39.5. The van der Waals surface area contributed by atoms with Gasteiger partial charge in [0, 0.05) is 24.2 Å². The number of benzene rings is 3. The van der Waals surface area contributed by atoms with Crippen molar-refractivity contribution in [1.29, 1.82) is 0 Å². The van der Waals surface area contributed by atoms with Crippen molar-refractivity contribution < 1.29 is 32.4 Å². The van der Waals surface area contributed by atoms with E-state index in [-0.39, 0.29) is 34.8 Å². The van der Waals surface area contributed by atoms with Gasteiger partial charge in [0.25, 0.3) is 15.7 Å². The summed E-state index contributed by atoms with van der Waals surface area (Å²) < 4.78 is 39.6. The molecule has 240 valence electrons. The zero-order valence-electron chi connectivity index (χ0n) is 25.8. The molecule has 1 atom stereocenters. The molecule has 0 saturated heterocycles. The predicted molar refractivity (Wildman–Crippen MR) is 169 cm³/mol. The zero-order valence-corrected chi connectivity index (χ0v) is 26.6. The SMILES string of the molecule is COc1ccc(CN(C(=O)CN(c2ccc(OC)cc2)S(=O)(=O)c2ccc(C)c([N+](=O)[O-])c2)C(C)C(=O)NC2CCCC2)cc1. The minimum absolute atomic E-state index is 0.0198. The molecule has 3 aromatic rings. The first-order chi connectivity index (χ1) is 21.4. The van der Waals surface area contributed by atoms with Crippen molar-refractivity contribution in [3.05, 3.63) is 88.0 Å². The van der Waals surface area contributed by atoms with Gasteiger partial charge in [-0.15, -0.1) is 0 Å². The third-order valence-electron chi connectivity index (χ3n) is 7.99. The summed E-state index contributed by atoms with van der Waals surface area (Å²) in [5, 5.41) is 14.7. The quantitative estimate of drug-likeness (QED) is 0.211. The number of hydrogen-bond acceptors (Lipinski definition) is 8. The number of nitro benzene ring substituents is 1. The Bertz CT molecular complexity index is 1620. The second-order valence-corrected chi connectivity index (χ2v) is 12.8. The number of ether oxygens (including phenoxy) is 2. The van der Waals surface area contributed by atoms with Gasteiger partial charge in [-0.25, -0.2) is 8.42 Å². The second kappa shape index (κ2) is 14.4. The minimum Gasteiger partial charge on any atom is -0.497 e. The molecule has 1 saturated carbocycles. The van der Waals surface area contributed by atoms with E-state index in [1.54, 1.807) is 43.3 Å². The fraction of sp³-hybridized carbons (Fsp3) is 0.375. The van der Waals surface area contributed by atoms with Crippen LogP contribution in [-0.4, -0.2) is 62.9 Å². The summed E-state index contributed by atoms with van der Waals surface area (Å²) >= 11 is 0. The fourth-order valence-electron chi connectivity index (χ4n) is 5.25. The van der Waals surface area contributed by atoms with Crippen LogP contribution in [0.4, 0.5) is 11.4 Å². The highest BCUT2D eigenvalue weighted by molar-refractivity contribution is 7.92. The van der Waals surface area contributed by atoms with E-state index in [1.807, 2.05) is 0 Å². The van der Waals surface area contributed by atoms with Gasteiger partial charge in [-0.05, 0) is 74.7 Å². The Labute approximate surface area is 263 Å². The van der Waals surface area contributed by atoms with Crippen molar-refractivity contribution in [3.63, 3.8) is 0 Å². The third-order valence-corrected chi connectivity index (χ3v) is 9.76. The van der Waals surface area contributed by atoms with Crippen LogP contribution in [0.2, 0.25) is 0 Å². The Balaban J connectivity index is 1.73. The van der Waals surface area contributed by atoms with Gasteiger partial charge in [-0.1, -0.05) is 31.0 Å². The number of aryl methyl sites for hydroxylation is 1. The van der Waals surface area contributed by atoms with E-state index in [1.165, 1.54) is 50.3 Å². The van der Waals surface area contributed by atoms with Gasteiger partial charge in [0.1, 0.15) is 24.1 Å². The number of carbonyl (C=O) groups excluding carboxylic acids is 2. The van der Waals surface area contributed by atoms with Crippen LogP contribution in [0.5, 0.6) is 11.5 Å². The number of methoxy groups -OCH3 is 2. The molecule has 0 radical (unpaired) electrons. The van der Waals surface area contributed by atoms with E-state index in [0.29, 0.717) is 22.6 Å². The standard InChI is InChI=1S/C32H38N4O8S/c1-22-9-18-29(19-30(22)36(39)40)45(41,42)35(26-12-16-28(44-4)17-13-26)21-31(37)34(20-24-10-14-27(43-3)15-11-24)23(2)32(38)33-25-7-5-6-8-25/h9-19,23,25H,5-8,20-21H2,1-4H3,(H,33,38). The molecular weight excluding hydrogens is 600 g/mol. The molecule has 1 fully saturated rings. The van der Waals surface area contributed by atoms with E-state index in [2.05, 4.69) is 5.32 Å². The number of rotatable bonds is 13. The molecule has 1 N–H and O–H groups in total. The Hall–Kier alpha value is -4.65. The normalized spacial score (nSPS) is 14.0. The summed E-state index contributed by atoms with van der Waals surface area (Å²) in [6, 6.07) is 15.8. The Morgan fingerprint density at radius 2 is 1.56 bits per heavy atom. The summed E-state index contributed by atoms with van der Waals surface area (Å²) in [6.45, 7) is 2.47. The Morgan fingerprint density at radius 3 is 2.11 bits per heavy atom. The Kier molecular flexibility index (Phi) is 10.7. The van der Waals surface area contributed by atoms with Crippen LogP contribution in [0.25, 0.3) is 0 Å². The van der Waals surface area contributed by atoms with E-state index in [0.717, 1.165) is 36.1 Å². The summed E-state index contributed by atoms with van der Waals surface area (Å²) in [6.07, 6.45) is 3.74. The van der Waals surface area contributed by atoms with Crippen LogP contribution in [0.15, 0.2) is 71.6 Å². The van der Waals surface area contributed by atoms with Crippen LogP contribution in [0.3, 0.4) is 0 Å². The summed E-state index contributed by atoms with van der Waals surface area (Å²) in [5.41, 5.74) is 0.770. The lowest BCUT2D eigenvalue weighted by atomic mass is 10.1. The molecule has 1 aliphatic carbocycles. The molecule has 2 amide bonds. The number of amides is 2. The highest BCUT2D eigenvalue weighted by atomic mass is 32.2. The van der Waals surface area contributed by atoms with Gasteiger partial charge in [-0.3, -0.25) is 24.0 Å². The average molecular weight is 639 g/mol. The van der Waals surface area contributed by atoms with E-state index in [4.69, 9.17) is 9.47 Å². The number of hydrogen-bond donors (Lipinski definition) is 1. The van der Waals surface area contributed by atoms with Crippen LogP contribution < -0.4 is 19.1 Å². The minimum atomic E-state index is -4.50. The molecule has 0 aromatic heterocycles. The topological polar surface area (TPSA) is 148 Å². The lowest BCUT2D eigenvalue weighted by Gasteiger charge is -2.32. The highest BCUT2D eigenvalue weighted by Crippen LogP contribution is 2.30. The number of nitrogens with one attached hydrogen (secondary N) is 1. The first-order valence-electron chi connectivity index (χ1n) is 14.6. The lowest BCUT2D eigenvalue weighted by Crippen LogP contribution is -2.52. The van der Waals surface area contributed by atoms with Gasteiger partial charge in [0.05, 0.1) is 29.7 Å². The van der Waals surface area contributed by atoms with E-state index >= 15 is 0 Å². The van der Waals surface area contributed by atoms with Gasteiger partial charge in [-0.2, -0.15) is 0 Å². The molecule has 12 nitrogen and oxygen atoms in total. The molecule has 13 heteroatoms. The predicted octanol–water partition coefficient (Wildman–Crippen LogP) is 4.59. The number of nitrogens with zero attached hydrogens (tertiary/aromatic N) is 3. The van der Waals surface area contributed by atoms with Crippen LogP contribution in [-0.2, 0) is 26.2 Å². The van der Waals surface area contributed by atoms with Crippen molar-refractivity contribution in [2.24, 2.45) is 0 Å². The molecule has 3 aromatic carbocycles. The molecule has 4 rings (SSSR count). The number of sulfonamides is 1. The maximum atomic E-state index is 14.2. The largest absolute Gasteiger partial charge is 0.497 e. The smallest absolute Gasteiger partial charge is 0.273 e. The van der Waals surface area contributed by atoms with E-state index < -0.39 is 33.4 Å². The average Bonchev–Trinajstić information content (AvgIpc) is 3.55. The maximum Gasteiger partial charge on any atom is 0.273 e. The molecular formula is C32H38N4O8S. The summed E-state index contributed by atoms with van der Waals surface area (Å²) in [5.74, 6) is 0.108. The van der Waals surface area contributed by atoms with Gasteiger partial charge < -0.3 is 19.7 Å². The van der Waals surface area contributed by atoms with Gasteiger partial charge >= 0.3 is 0 Å². The van der Waals surface area contributed by atoms with Crippen molar-refractivity contribution in [2.45, 2.75) is 63.1 Å². The van der Waals surface area contributed by atoms with Gasteiger partial charge in [0.15, 0.2) is 0 Å². The van der Waals surface area contributed by atoms with Crippen LogP contribution in [0.1, 0.15) is 43.7 Å². The Morgan fingerprint density at radius 1 is 0.978 bits per heavy atom. The first kappa shape index (κ1) is 33.2. The molecule has 0 bridgehead atoms. The van der Waals surface area contributed by atoms with Crippen molar-refractivity contribution in [2.75, 3.05) is 25.1 Å². The summed E-state index contributed by atoms with van der Waals surface area (Å²) in [7, 11) is -1.49. The van der Waals surface area contributed by atoms with Crippen LogP contribution >= 0.6 is 0 Å².